The summed E-state index contributed by atoms with van der Waals surface area (Å²) in [5, 5.41) is 0. The van der Waals surface area contributed by atoms with E-state index in [0.29, 0.717) is 31.0 Å². The Morgan fingerprint density at radius 3 is 2.71 bits per heavy atom. The Bertz CT molecular complexity index is 497. The largest absolute Gasteiger partial charge is 0.465 e. The number of rotatable bonds is 4. The summed E-state index contributed by atoms with van der Waals surface area (Å²) in [6, 6.07) is 0. The molecule has 2 aliphatic heterocycles. The van der Waals surface area contributed by atoms with Gasteiger partial charge in [0.05, 0.1) is 19.3 Å². The maximum Gasteiger partial charge on any atom is 0.302 e. The summed E-state index contributed by atoms with van der Waals surface area (Å²) in [5.41, 5.74) is 1.38. The number of esters is 1. The summed E-state index contributed by atoms with van der Waals surface area (Å²) in [5.74, 6) is 1.09. The molecule has 0 aromatic rings. The van der Waals surface area contributed by atoms with Gasteiger partial charge in [-0.3, -0.25) is 4.79 Å². The standard InChI is InChI=1S/C20H33NO3/c1-14-10-15(2)20(12-23-17(4)22)13-24-18(19(14)16(20)3)11-21-8-6-5-7-9-21/h10,15-16,18-19H,5-9,11-13H2,1-4H3/t15-,16+,18-,19-,20-/m1/s1. The zero-order valence-corrected chi connectivity index (χ0v) is 15.7. The number of piperidine rings is 1. The monoisotopic (exact) mass is 335 g/mol. The Morgan fingerprint density at radius 1 is 1.33 bits per heavy atom. The van der Waals surface area contributed by atoms with Crippen LogP contribution in [0.2, 0.25) is 0 Å². The van der Waals surface area contributed by atoms with Crippen LogP contribution in [0.25, 0.3) is 0 Å². The number of carbonyl (C=O) groups excluding carboxylic acids is 1. The van der Waals surface area contributed by atoms with Crippen LogP contribution in [0, 0.1) is 23.2 Å². The first-order chi connectivity index (χ1) is 11.4. The highest BCUT2D eigenvalue weighted by atomic mass is 16.5. The molecule has 0 aromatic heterocycles. The first kappa shape index (κ1) is 17.9. The van der Waals surface area contributed by atoms with E-state index < -0.39 is 0 Å². The van der Waals surface area contributed by atoms with Crippen molar-refractivity contribution in [2.24, 2.45) is 23.2 Å². The minimum absolute atomic E-state index is 0.0752. The summed E-state index contributed by atoms with van der Waals surface area (Å²) in [6.07, 6.45) is 6.67. The lowest BCUT2D eigenvalue weighted by Crippen LogP contribution is -2.58. The first-order valence-corrected chi connectivity index (χ1v) is 9.59. The van der Waals surface area contributed by atoms with Crippen LogP contribution in [-0.4, -0.2) is 49.8 Å². The predicted molar refractivity (Wildman–Crippen MR) is 94.7 cm³/mol. The number of allylic oxidation sites excluding steroid dienone is 1. The summed E-state index contributed by atoms with van der Waals surface area (Å²) < 4.78 is 11.9. The Labute approximate surface area is 146 Å². The SMILES string of the molecule is CC(=O)OC[C@@]12CO[C@H](CN3CCCCC3)[C@H](C(C)=C[C@H]1C)[C@@H]2C. The van der Waals surface area contributed by atoms with E-state index in [1.165, 1.54) is 44.8 Å². The van der Waals surface area contributed by atoms with Crippen LogP contribution in [0.15, 0.2) is 11.6 Å². The molecule has 5 atom stereocenters. The molecule has 2 bridgehead atoms. The minimum atomic E-state index is -0.193. The van der Waals surface area contributed by atoms with E-state index in [2.05, 4.69) is 31.7 Å². The molecule has 0 unspecified atom stereocenters. The van der Waals surface area contributed by atoms with Crippen molar-refractivity contribution in [2.75, 3.05) is 32.8 Å². The summed E-state index contributed by atoms with van der Waals surface area (Å²) >= 11 is 0. The van der Waals surface area contributed by atoms with E-state index >= 15 is 0 Å². The number of nitrogens with zero attached hydrogens (tertiary/aromatic N) is 1. The molecule has 2 fully saturated rings. The Morgan fingerprint density at radius 2 is 2.04 bits per heavy atom. The highest BCUT2D eigenvalue weighted by Gasteiger charge is 2.54. The van der Waals surface area contributed by atoms with Gasteiger partial charge >= 0.3 is 5.97 Å². The first-order valence-electron chi connectivity index (χ1n) is 9.59. The van der Waals surface area contributed by atoms with Crippen molar-refractivity contribution < 1.29 is 14.3 Å². The second-order valence-electron chi connectivity index (χ2n) is 8.24. The van der Waals surface area contributed by atoms with Crippen LogP contribution < -0.4 is 0 Å². The highest BCUT2D eigenvalue weighted by Crippen LogP contribution is 2.52. The molecule has 0 aromatic carbocycles. The Balaban J connectivity index is 1.77. The lowest BCUT2D eigenvalue weighted by Gasteiger charge is -2.55. The summed E-state index contributed by atoms with van der Waals surface area (Å²) in [6.45, 7) is 13.0. The second-order valence-corrected chi connectivity index (χ2v) is 8.24. The molecule has 0 saturated carbocycles. The van der Waals surface area contributed by atoms with Gasteiger partial charge in [-0.25, -0.2) is 0 Å². The molecule has 0 spiro atoms. The van der Waals surface area contributed by atoms with Gasteiger partial charge in [0.1, 0.15) is 0 Å². The molecule has 3 aliphatic rings. The van der Waals surface area contributed by atoms with Crippen molar-refractivity contribution in [2.45, 2.75) is 53.1 Å². The van der Waals surface area contributed by atoms with Gasteiger partial charge in [-0.05, 0) is 44.7 Å². The third kappa shape index (κ3) is 3.28. The normalized spacial score (nSPS) is 40.1. The number of ether oxygens (including phenoxy) is 2. The third-order valence-electron chi connectivity index (χ3n) is 6.79. The topological polar surface area (TPSA) is 38.8 Å². The van der Waals surface area contributed by atoms with E-state index in [4.69, 9.17) is 9.47 Å². The van der Waals surface area contributed by atoms with E-state index in [1.807, 2.05) is 0 Å². The minimum Gasteiger partial charge on any atom is -0.465 e. The zero-order valence-electron chi connectivity index (χ0n) is 15.7. The van der Waals surface area contributed by atoms with Gasteiger partial charge in [-0.1, -0.05) is 31.9 Å². The number of carbonyl (C=O) groups is 1. The average Bonchev–Trinajstić information content (AvgIpc) is 2.54. The lowest BCUT2D eigenvalue weighted by atomic mass is 9.56. The highest BCUT2D eigenvalue weighted by molar-refractivity contribution is 5.65. The number of hydrogen-bond acceptors (Lipinski definition) is 4. The van der Waals surface area contributed by atoms with Gasteiger partial charge in [0.25, 0.3) is 0 Å². The molecule has 2 saturated heterocycles. The smallest absolute Gasteiger partial charge is 0.302 e. The zero-order chi connectivity index (χ0) is 17.3. The van der Waals surface area contributed by atoms with Crippen LogP contribution in [0.1, 0.15) is 47.0 Å². The van der Waals surface area contributed by atoms with Crippen molar-refractivity contribution in [1.29, 1.82) is 0 Å². The molecule has 136 valence electrons. The maximum absolute atomic E-state index is 11.4. The van der Waals surface area contributed by atoms with E-state index in [9.17, 15) is 4.79 Å². The molecule has 0 radical (unpaired) electrons. The molecule has 24 heavy (non-hydrogen) atoms. The molecule has 3 rings (SSSR count). The van der Waals surface area contributed by atoms with Crippen LogP contribution in [-0.2, 0) is 14.3 Å². The fourth-order valence-electron chi connectivity index (χ4n) is 5.19. The van der Waals surface area contributed by atoms with Crippen molar-refractivity contribution in [3.63, 3.8) is 0 Å². The lowest BCUT2D eigenvalue weighted by molar-refractivity contribution is -0.182. The van der Waals surface area contributed by atoms with Crippen molar-refractivity contribution in [1.82, 2.24) is 4.90 Å². The summed E-state index contributed by atoms with van der Waals surface area (Å²) in [7, 11) is 0. The van der Waals surface area contributed by atoms with Gasteiger partial charge in [-0.15, -0.1) is 0 Å². The van der Waals surface area contributed by atoms with Crippen LogP contribution in [0.4, 0.5) is 0 Å². The molecule has 0 amide bonds. The second kappa shape index (κ2) is 7.17. The Hall–Kier alpha value is -0.870. The van der Waals surface area contributed by atoms with Crippen LogP contribution in [0.3, 0.4) is 0 Å². The van der Waals surface area contributed by atoms with Gasteiger partial charge in [0, 0.05) is 24.8 Å². The van der Waals surface area contributed by atoms with Crippen LogP contribution >= 0.6 is 0 Å². The fraction of sp³-hybridized carbons (Fsp3) is 0.850. The van der Waals surface area contributed by atoms with Gasteiger partial charge < -0.3 is 14.4 Å². The molecular weight excluding hydrogens is 302 g/mol. The average molecular weight is 335 g/mol. The van der Waals surface area contributed by atoms with E-state index in [-0.39, 0.29) is 17.5 Å². The quantitative estimate of drug-likeness (QED) is 0.584. The fourth-order valence-corrected chi connectivity index (χ4v) is 5.19. The Kier molecular flexibility index (Phi) is 5.36. The molecular formula is C20H33NO3. The van der Waals surface area contributed by atoms with E-state index in [0.717, 1.165) is 6.54 Å². The molecule has 4 nitrogen and oxygen atoms in total. The molecule has 2 heterocycles. The predicted octanol–water partition coefficient (Wildman–Crippen LogP) is 3.27. The maximum atomic E-state index is 11.4. The van der Waals surface area contributed by atoms with Gasteiger partial charge in [0.15, 0.2) is 0 Å². The number of likely N-dealkylation sites (tertiary alicyclic amines) is 1. The number of fused-ring (bicyclic) bond motifs is 2. The molecule has 0 N–H and O–H groups in total. The summed E-state index contributed by atoms with van der Waals surface area (Å²) in [4.78, 5) is 13.9. The van der Waals surface area contributed by atoms with Crippen molar-refractivity contribution in [3.8, 4) is 0 Å². The third-order valence-corrected chi connectivity index (χ3v) is 6.79. The van der Waals surface area contributed by atoms with Gasteiger partial charge in [-0.2, -0.15) is 0 Å². The van der Waals surface area contributed by atoms with Crippen molar-refractivity contribution >= 4 is 5.97 Å². The van der Waals surface area contributed by atoms with E-state index in [1.54, 1.807) is 0 Å². The van der Waals surface area contributed by atoms with Gasteiger partial charge in [0.2, 0.25) is 0 Å². The number of hydrogen-bond donors (Lipinski definition) is 0. The van der Waals surface area contributed by atoms with Crippen LogP contribution in [0.5, 0.6) is 0 Å². The molecule has 4 heteroatoms. The van der Waals surface area contributed by atoms with Crippen molar-refractivity contribution in [3.05, 3.63) is 11.6 Å². The molecule has 1 aliphatic carbocycles.